The molecule has 0 radical (unpaired) electrons. The third-order valence-corrected chi connectivity index (χ3v) is 8.71. The molecule has 0 aliphatic rings. The SMILES string of the molecule is COc1cc(OC)c(S(OC(=O)C(F)(F)F)(c2ccccc2)c2c(OC)cc(OC)cc2OC)c(OC)c1. The number of benzene rings is 3. The number of hydrogen-bond acceptors (Lipinski definition) is 8. The lowest BCUT2D eigenvalue weighted by molar-refractivity contribution is -0.188. The Bertz CT molecular complexity index is 1170. The number of halogens is 3. The van der Waals surface area contributed by atoms with Gasteiger partial charge >= 0.3 is 12.1 Å². The molecule has 0 saturated carbocycles. The van der Waals surface area contributed by atoms with Crippen molar-refractivity contribution < 1.29 is 50.6 Å². The van der Waals surface area contributed by atoms with Crippen LogP contribution >= 0.6 is 10.3 Å². The second kappa shape index (κ2) is 11.6. The second-order valence-corrected chi connectivity index (χ2v) is 10.0. The van der Waals surface area contributed by atoms with Crippen LogP contribution in [0.4, 0.5) is 13.2 Å². The van der Waals surface area contributed by atoms with Crippen molar-refractivity contribution >= 4 is 16.3 Å². The summed E-state index contributed by atoms with van der Waals surface area (Å²) in [6.07, 6.45) is -5.34. The van der Waals surface area contributed by atoms with Crippen LogP contribution in [-0.4, -0.2) is 54.8 Å². The number of methoxy groups -OCH3 is 6. The molecule has 0 N–H and O–H groups in total. The maximum absolute atomic E-state index is 13.9. The summed E-state index contributed by atoms with van der Waals surface area (Å²) in [4.78, 5) is 12.9. The van der Waals surface area contributed by atoms with Gasteiger partial charge in [-0.2, -0.15) is 13.2 Å². The van der Waals surface area contributed by atoms with Gasteiger partial charge in [-0.1, -0.05) is 18.2 Å². The Morgan fingerprint density at radius 1 is 0.632 bits per heavy atom. The van der Waals surface area contributed by atoms with Gasteiger partial charge in [-0.05, 0) is 12.1 Å². The molecule has 0 aliphatic heterocycles. The number of ether oxygens (including phenoxy) is 6. The predicted octanol–water partition coefficient (Wildman–Crippen LogP) is 6.04. The maximum Gasteiger partial charge on any atom is 0.491 e. The number of alkyl halides is 3. The largest absolute Gasteiger partial charge is 0.496 e. The fourth-order valence-corrected chi connectivity index (χ4v) is 7.26. The van der Waals surface area contributed by atoms with Crippen LogP contribution in [0.1, 0.15) is 0 Å². The first-order valence-corrected chi connectivity index (χ1v) is 12.5. The quantitative estimate of drug-likeness (QED) is 0.299. The Labute approximate surface area is 219 Å². The van der Waals surface area contributed by atoms with Gasteiger partial charge in [0.15, 0.2) is 0 Å². The zero-order valence-electron chi connectivity index (χ0n) is 21.5. The van der Waals surface area contributed by atoms with Gasteiger partial charge in [-0.25, -0.2) is 4.79 Å². The number of rotatable bonds is 10. The van der Waals surface area contributed by atoms with Crippen molar-refractivity contribution in [2.75, 3.05) is 42.7 Å². The molecule has 0 unspecified atom stereocenters. The fraction of sp³-hybridized carbons (Fsp3) is 0.269. The summed E-state index contributed by atoms with van der Waals surface area (Å²) in [5.74, 6) is -1.70. The smallest absolute Gasteiger partial charge is 0.491 e. The van der Waals surface area contributed by atoms with Crippen molar-refractivity contribution in [1.82, 2.24) is 0 Å². The van der Waals surface area contributed by atoms with Crippen LogP contribution < -0.4 is 28.4 Å². The van der Waals surface area contributed by atoms with Crippen LogP contribution in [0, 0.1) is 0 Å². The molecule has 0 atom stereocenters. The molecule has 12 heteroatoms. The highest BCUT2D eigenvalue weighted by Gasteiger charge is 2.51. The highest BCUT2D eigenvalue weighted by molar-refractivity contribution is 8.30. The Morgan fingerprint density at radius 3 is 1.29 bits per heavy atom. The first-order valence-electron chi connectivity index (χ1n) is 10.9. The minimum Gasteiger partial charge on any atom is -0.496 e. The van der Waals surface area contributed by atoms with Crippen molar-refractivity contribution in [1.29, 1.82) is 0 Å². The molecular weight excluding hydrogens is 529 g/mol. The van der Waals surface area contributed by atoms with Crippen LogP contribution in [0.2, 0.25) is 0 Å². The van der Waals surface area contributed by atoms with E-state index in [1.54, 1.807) is 18.2 Å². The third-order valence-electron chi connectivity index (χ3n) is 5.42. The van der Waals surface area contributed by atoms with E-state index in [1.165, 1.54) is 79.1 Å². The van der Waals surface area contributed by atoms with Crippen LogP contribution in [-0.2, 0) is 8.98 Å². The van der Waals surface area contributed by atoms with Crippen molar-refractivity contribution in [2.24, 2.45) is 0 Å². The minimum absolute atomic E-state index is 0.00821. The predicted molar refractivity (Wildman–Crippen MR) is 133 cm³/mol. The number of carbonyl (C=O) groups excluding carboxylic acids is 1. The van der Waals surface area contributed by atoms with E-state index < -0.39 is 22.5 Å². The minimum atomic E-state index is -5.34. The Hall–Kier alpha value is -3.93. The topological polar surface area (TPSA) is 81.7 Å². The van der Waals surface area contributed by atoms with Crippen LogP contribution in [0.25, 0.3) is 0 Å². The number of carbonyl (C=O) groups is 1. The van der Waals surface area contributed by atoms with Gasteiger partial charge in [0.2, 0.25) is 0 Å². The molecule has 3 aromatic carbocycles. The summed E-state index contributed by atoms with van der Waals surface area (Å²) in [7, 11) is 4.38. The molecule has 0 amide bonds. The molecule has 0 saturated heterocycles. The second-order valence-electron chi connectivity index (χ2n) is 7.46. The Balaban J connectivity index is 2.67. The molecule has 0 fully saturated rings. The molecule has 0 spiro atoms. The lowest BCUT2D eigenvalue weighted by atomic mass is 10.3. The standard InChI is InChI=1S/C26H27F3O8S/c1-31-16-12-19(33-3)23(20(13-16)34-4)38(18-10-8-7-9-11-18,37-25(30)26(27,28)29)24-21(35-5)14-17(32-2)15-22(24)36-6/h7-15H,1-6H3. The van der Waals surface area contributed by atoms with Crippen LogP contribution in [0.5, 0.6) is 34.5 Å². The van der Waals surface area contributed by atoms with E-state index in [0.29, 0.717) is 11.5 Å². The van der Waals surface area contributed by atoms with E-state index >= 15 is 0 Å². The van der Waals surface area contributed by atoms with Gasteiger partial charge in [-0.3, -0.25) is 0 Å². The molecule has 0 aromatic heterocycles. The molecule has 8 nitrogen and oxygen atoms in total. The zero-order valence-corrected chi connectivity index (χ0v) is 22.3. The van der Waals surface area contributed by atoms with Crippen LogP contribution in [0.15, 0.2) is 69.3 Å². The summed E-state index contributed by atoms with van der Waals surface area (Å²) in [6, 6.07) is 13.7. The van der Waals surface area contributed by atoms with Gasteiger partial charge in [0, 0.05) is 39.5 Å². The highest BCUT2D eigenvalue weighted by Crippen LogP contribution is 2.77. The van der Waals surface area contributed by atoms with E-state index in [0.717, 1.165) is 0 Å². The molecule has 0 aliphatic carbocycles. The van der Waals surface area contributed by atoms with Gasteiger partial charge in [0.1, 0.15) is 44.3 Å². The van der Waals surface area contributed by atoms with Gasteiger partial charge < -0.3 is 32.6 Å². The molecule has 38 heavy (non-hydrogen) atoms. The summed E-state index contributed by atoms with van der Waals surface area (Å²) < 4.78 is 80.3. The van der Waals surface area contributed by atoms with E-state index in [9.17, 15) is 18.0 Å². The van der Waals surface area contributed by atoms with Gasteiger partial charge in [0.05, 0.1) is 42.7 Å². The molecule has 206 valence electrons. The Morgan fingerprint density at radius 2 is 1.00 bits per heavy atom. The molecule has 0 heterocycles. The lowest BCUT2D eigenvalue weighted by Gasteiger charge is -2.42. The normalized spacial score (nSPS) is 11.8. The average molecular weight is 557 g/mol. The highest BCUT2D eigenvalue weighted by atomic mass is 32.3. The first kappa shape index (κ1) is 28.6. The van der Waals surface area contributed by atoms with Crippen molar-refractivity contribution in [3.05, 3.63) is 54.6 Å². The summed E-state index contributed by atoms with van der Waals surface area (Å²) in [5.41, 5.74) is 0. The van der Waals surface area contributed by atoms with E-state index in [1.807, 2.05) is 0 Å². The molecule has 0 bridgehead atoms. The van der Waals surface area contributed by atoms with Crippen molar-refractivity contribution in [2.45, 2.75) is 20.9 Å². The third kappa shape index (κ3) is 5.21. The summed E-state index contributed by atoms with van der Waals surface area (Å²) in [6.45, 7) is 0. The monoisotopic (exact) mass is 556 g/mol. The van der Waals surface area contributed by atoms with Gasteiger partial charge in [-0.15, -0.1) is 0 Å². The van der Waals surface area contributed by atoms with E-state index in [4.69, 9.17) is 32.6 Å². The first-order chi connectivity index (χ1) is 18.1. The fourth-order valence-electron chi connectivity index (χ4n) is 3.76. The molecular formula is C26H27F3O8S. The average Bonchev–Trinajstić information content (AvgIpc) is 2.94. The zero-order chi connectivity index (χ0) is 28.1. The van der Waals surface area contributed by atoms with E-state index in [-0.39, 0.29) is 37.7 Å². The van der Waals surface area contributed by atoms with Crippen molar-refractivity contribution in [3.8, 4) is 34.5 Å². The maximum atomic E-state index is 13.9. The number of hydrogen-bond donors (Lipinski definition) is 0. The lowest BCUT2D eigenvalue weighted by Crippen LogP contribution is -2.28. The van der Waals surface area contributed by atoms with Crippen LogP contribution in [0.3, 0.4) is 0 Å². The molecule has 3 aromatic rings. The van der Waals surface area contributed by atoms with E-state index in [2.05, 4.69) is 0 Å². The van der Waals surface area contributed by atoms with Gasteiger partial charge in [0.25, 0.3) is 0 Å². The molecule has 3 rings (SSSR count). The Kier molecular flexibility index (Phi) is 8.77. The van der Waals surface area contributed by atoms with Crippen molar-refractivity contribution in [3.63, 3.8) is 0 Å². The summed E-state index contributed by atoms with van der Waals surface area (Å²) >= 11 is 0. The summed E-state index contributed by atoms with van der Waals surface area (Å²) in [5, 5.41) is 0.